The summed E-state index contributed by atoms with van der Waals surface area (Å²) in [5, 5.41) is 10.2. The second kappa shape index (κ2) is 9.89. The average molecular weight is 512 g/mol. The Balaban J connectivity index is 0.976. The van der Waals surface area contributed by atoms with Crippen LogP contribution in [0.3, 0.4) is 0 Å². The van der Waals surface area contributed by atoms with E-state index in [4.69, 9.17) is 0 Å². The Morgan fingerprint density at radius 2 is 1.74 bits per heavy atom. The fourth-order valence-corrected chi connectivity index (χ4v) is 5.67. The third kappa shape index (κ3) is 4.49. The van der Waals surface area contributed by atoms with E-state index in [1.165, 1.54) is 5.56 Å². The topological polar surface area (TPSA) is 113 Å². The molecule has 2 aromatic carbocycles. The zero-order valence-corrected chi connectivity index (χ0v) is 20.9. The number of nitrogens with zero attached hydrogens (tertiary/aromatic N) is 3. The van der Waals surface area contributed by atoms with Crippen molar-refractivity contribution in [3.05, 3.63) is 72.1 Å². The smallest absolute Gasteiger partial charge is 0.262 e. The fraction of sp³-hybridized carbons (Fsp3) is 0.345. The van der Waals surface area contributed by atoms with Crippen LogP contribution < -0.4 is 10.6 Å². The molecule has 1 aliphatic carbocycles. The van der Waals surface area contributed by atoms with Crippen molar-refractivity contribution >= 4 is 29.3 Å². The lowest BCUT2D eigenvalue weighted by Crippen LogP contribution is -2.54. The lowest BCUT2D eigenvalue weighted by Gasteiger charge is -2.35. The standard InChI is InChI=1S/C29H29N5O4/c35-26-11-10-25(27(36)32-26)34-28(37)23-9-8-21(15-24(23)29(34)38)30-12-4-5-18-13-22(14-18)33-17-20(16-31-33)19-6-2-1-3-7-19/h1-3,6-9,15-18,22,25,30H,4-5,10-14H2,(H,32,35,36). The first-order valence-corrected chi connectivity index (χ1v) is 13.2. The van der Waals surface area contributed by atoms with Gasteiger partial charge in [-0.1, -0.05) is 30.3 Å². The van der Waals surface area contributed by atoms with Crippen LogP contribution in [0.1, 0.15) is 65.3 Å². The molecule has 2 fully saturated rings. The molecule has 6 rings (SSSR count). The Morgan fingerprint density at radius 1 is 0.947 bits per heavy atom. The van der Waals surface area contributed by atoms with Crippen LogP contribution in [-0.4, -0.2) is 50.9 Å². The highest BCUT2D eigenvalue weighted by atomic mass is 16.2. The second-order valence-electron chi connectivity index (χ2n) is 10.3. The van der Waals surface area contributed by atoms with Crippen LogP contribution in [0.4, 0.5) is 5.69 Å². The normalized spacial score (nSPS) is 22.7. The molecule has 4 amide bonds. The molecule has 9 heteroatoms. The van der Waals surface area contributed by atoms with Gasteiger partial charge in [0, 0.05) is 30.4 Å². The minimum atomic E-state index is -0.950. The van der Waals surface area contributed by atoms with Gasteiger partial charge in [0.15, 0.2) is 0 Å². The Labute approximate surface area is 220 Å². The number of benzene rings is 2. The van der Waals surface area contributed by atoms with Crippen LogP contribution in [0.2, 0.25) is 0 Å². The van der Waals surface area contributed by atoms with E-state index in [0.717, 1.165) is 48.4 Å². The molecule has 0 bridgehead atoms. The number of carbonyl (C=O) groups excluding carboxylic acids is 4. The van der Waals surface area contributed by atoms with Gasteiger partial charge in [0.2, 0.25) is 11.8 Å². The predicted octanol–water partition coefficient (Wildman–Crippen LogP) is 3.79. The molecule has 3 aromatic rings. The van der Waals surface area contributed by atoms with Crippen LogP contribution in [0.5, 0.6) is 0 Å². The predicted molar refractivity (Wildman–Crippen MR) is 140 cm³/mol. The van der Waals surface area contributed by atoms with Crippen molar-refractivity contribution in [3.8, 4) is 11.1 Å². The number of nitrogens with one attached hydrogen (secondary N) is 2. The quantitative estimate of drug-likeness (QED) is 0.351. The monoisotopic (exact) mass is 511 g/mol. The zero-order chi connectivity index (χ0) is 26.2. The summed E-state index contributed by atoms with van der Waals surface area (Å²) in [6.45, 7) is 0.763. The van der Waals surface area contributed by atoms with Crippen LogP contribution in [-0.2, 0) is 9.59 Å². The second-order valence-corrected chi connectivity index (χ2v) is 10.3. The summed E-state index contributed by atoms with van der Waals surface area (Å²) in [6, 6.07) is 14.9. The Bertz CT molecular complexity index is 1410. The van der Waals surface area contributed by atoms with Crippen molar-refractivity contribution in [2.45, 2.75) is 50.6 Å². The molecule has 0 radical (unpaired) electrons. The molecular weight excluding hydrogens is 482 g/mol. The van der Waals surface area contributed by atoms with Crippen molar-refractivity contribution in [2.75, 3.05) is 11.9 Å². The van der Waals surface area contributed by atoms with Gasteiger partial charge in [0.1, 0.15) is 6.04 Å². The molecule has 1 aromatic heterocycles. The number of aromatic nitrogens is 2. The summed E-state index contributed by atoms with van der Waals surface area (Å²) in [4.78, 5) is 50.5. The Kier molecular flexibility index (Phi) is 6.27. The van der Waals surface area contributed by atoms with E-state index in [0.29, 0.717) is 23.1 Å². The maximum Gasteiger partial charge on any atom is 0.262 e. The summed E-state index contributed by atoms with van der Waals surface area (Å²) in [5.74, 6) is -1.29. The van der Waals surface area contributed by atoms with E-state index in [1.54, 1.807) is 18.2 Å². The van der Waals surface area contributed by atoms with E-state index in [1.807, 2.05) is 24.4 Å². The summed E-state index contributed by atoms with van der Waals surface area (Å²) >= 11 is 0. The number of carbonyl (C=O) groups is 4. The van der Waals surface area contributed by atoms with Crippen LogP contribution >= 0.6 is 0 Å². The van der Waals surface area contributed by atoms with Gasteiger partial charge in [0.05, 0.1) is 23.4 Å². The first kappa shape index (κ1) is 24.1. The third-order valence-electron chi connectivity index (χ3n) is 7.85. The molecule has 38 heavy (non-hydrogen) atoms. The number of anilines is 1. The molecule has 1 atom stereocenters. The van der Waals surface area contributed by atoms with E-state index < -0.39 is 23.8 Å². The molecule has 1 saturated heterocycles. The highest BCUT2D eigenvalue weighted by molar-refractivity contribution is 6.23. The number of fused-ring (bicyclic) bond motifs is 1. The highest BCUT2D eigenvalue weighted by Gasteiger charge is 2.44. The lowest BCUT2D eigenvalue weighted by molar-refractivity contribution is -0.136. The first-order chi connectivity index (χ1) is 18.5. The van der Waals surface area contributed by atoms with Gasteiger partial charge in [0.25, 0.3) is 11.8 Å². The van der Waals surface area contributed by atoms with Gasteiger partial charge in [-0.05, 0) is 61.8 Å². The molecule has 194 valence electrons. The SMILES string of the molecule is O=C1CCC(N2C(=O)c3ccc(NCCCC4CC(n5cc(-c6ccccc6)cn5)C4)cc3C2=O)C(=O)N1. The van der Waals surface area contributed by atoms with Crippen LogP contribution in [0.25, 0.3) is 11.1 Å². The molecular formula is C29H29N5O4. The molecule has 3 heterocycles. The molecule has 0 spiro atoms. The van der Waals surface area contributed by atoms with Crippen molar-refractivity contribution < 1.29 is 19.2 Å². The lowest BCUT2D eigenvalue weighted by atomic mass is 9.77. The summed E-state index contributed by atoms with van der Waals surface area (Å²) in [5.41, 5.74) is 3.68. The molecule has 1 saturated carbocycles. The first-order valence-electron chi connectivity index (χ1n) is 13.2. The summed E-state index contributed by atoms with van der Waals surface area (Å²) < 4.78 is 2.10. The Hall–Kier alpha value is -4.27. The van der Waals surface area contributed by atoms with E-state index >= 15 is 0 Å². The molecule has 1 unspecified atom stereocenters. The molecule has 3 aliphatic rings. The van der Waals surface area contributed by atoms with E-state index in [9.17, 15) is 19.2 Å². The highest BCUT2D eigenvalue weighted by Crippen LogP contribution is 2.40. The van der Waals surface area contributed by atoms with Crippen molar-refractivity contribution in [1.82, 2.24) is 20.0 Å². The maximum absolute atomic E-state index is 13.0. The minimum Gasteiger partial charge on any atom is -0.385 e. The number of rotatable bonds is 8. The van der Waals surface area contributed by atoms with E-state index in [-0.39, 0.29) is 18.7 Å². The number of hydrogen-bond acceptors (Lipinski definition) is 6. The molecule has 2 aliphatic heterocycles. The van der Waals surface area contributed by atoms with Gasteiger partial charge in [-0.2, -0.15) is 5.10 Å². The van der Waals surface area contributed by atoms with Crippen LogP contribution in [0, 0.1) is 5.92 Å². The van der Waals surface area contributed by atoms with Crippen molar-refractivity contribution in [1.29, 1.82) is 0 Å². The van der Waals surface area contributed by atoms with Gasteiger partial charge in [-0.25, -0.2) is 0 Å². The van der Waals surface area contributed by atoms with Crippen molar-refractivity contribution in [2.24, 2.45) is 5.92 Å². The van der Waals surface area contributed by atoms with Crippen molar-refractivity contribution in [3.63, 3.8) is 0 Å². The minimum absolute atomic E-state index is 0.106. The fourth-order valence-electron chi connectivity index (χ4n) is 5.67. The Morgan fingerprint density at radius 3 is 2.53 bits per heavy atom. The van der Waals surface area contributed by atoms with Gasteiger partial charge < -0.3 is 5.32 Å². The van der Waals surface area contributed by atoms with Gasteiger partial charge >= 0.3 is 0 Å². The summed E-state index contributed by atoms with van der Waals surface area (Å²) in [7, 11) is 0. The maximum atomic E-state index is 13.0. The molecule has 2 N–H and O–H groups in total. The number of amides is 4. The third-order valence-corrected chi connectivity index (χ3v) is 7.85. The average Bonchev–Trinajstić information content (AvgIpc) is 3.47. The van der Waals surface area contributed by atoms with Gasteiger partial charge in [-0.15, -0.1) is 0 Å². The molecule has 9 nitrogen and oxygen atoms in total. The number of piperidine rings is 1. The van der Waals surface area contributed by atoms with E-state index in [2.05, 4.69) is 38.7 Å². The zero-order valence-electron chi connectivity index (χ0n) is 20.9. The largest absolute Gasteiger partial charge is 0.385 e. The number of imide groups is 2. The van der Waals surface area contributed by atoms with Gasteiger partial charge in [-0.3, -0.25) is 34.1 Å². The van der Waals surface area contributed by atoms with Crippen LogP contribution in [0.15, 0.2) is 60.9 Å². The number of hydrogen-bond donors (Lipinski definition) is 2. The summed E-state index contributed by atoms with van der Waals surface area (Å²) in [6.07, 6.45) is 8.70.